The lowest BCUT2D eigenvalue weighted by Crippen LogP contribution is -2.21. The van der Waals surface area contributed by atoms with Gasteiger partial charge in [0.05, 0.1) is 11.3 Å². The van der Waals surface area contributed by atoms with E-state index in [1.807, 2.05) is 31.2 Å². The molecule has 0 aromatic heterocycles. The monoisotopic (exact) mass is 377 g/mol. The Bertz CT molecular complexity index is 982. The zero-order chi connectivity index (χ0) is 19.9. The molecule has 0 aliphatic heterocycles. The van der Waals surface area contributed by atoms with Gasteiger partial charge in [-0.2, -0.15) is 0 Å². The molecule has 28 heavy (non-hydrogen) atoms. The summed E-state index contributed by atoms with van der Waals surface area (Å²) >= 11 is 0. The summed E-state index contributed by atoms with van der Waals surface area (Å²) in [4.78, 5) is 24.1. The van der Waals surface area contributed by atoms with Crippen LogP contribution in [-0.2, 0) is 9.53 Å². The number of amides is 1. The van der Waals surface area contributed by atoms with Crippen molar-refractivity contribution in [3.05, 3.63) is 83.9 Å². The number of carbonyl (C=O) groups is 2. The van der Waals surface area contributed by atoms with E-state index in [4.69, 9.17) is 9.47 Å². The summed E-state index contributed by atoms with van der Waals surface area (Å²) in [7, 11) is 0. The smallest absolute Gasteiger partial charge is 0.338 e. The molecule has 3 aromatic carbocycles. The highest BCUT2D eigenvalue weighted by atomic mass is 16.5. The average Bonchev–Trinajstić information content (AvgIpc) is 2.69. The summed E-state index contributed by atoms with van der Waals surface area (Å²) in [6, 6.07) is 20.2. The molecule has 0 unspecified atom stereocenters. The van der Waals surface area contributed by atoms with Crippen molar-refractivity contribution in [3.63, 3.8) is 0 Å². The number of carbonyl (C=O) groups excluding carboxylic acids is 2. The first-order chi connectivity index (χ1) is 13.5. The lowest BCUT2D eigenvalue weighted by atomic mass is 10.2. The molecule has 6 nitrogen and oxygen atoms in total. The van der Waals surface area contributed by atoms with Crippen molar-refractivity contribution in [2.75, 3.05) is 11.9 Å². The van der Waals surface area contributed by atoms with Crippen molar-refractivity contribution in [1.82, 2.24) is 0 Å². The van der Waals surface area contributed by atoms with Crippen LogP contribution in [0, 0.1) is 6.92 Å². The van der Waals surface area contributed by atoms with Gasteiger partial charge in [0.1, 0.15) is 11.5 Å². The molecule has 0 spiro atoms. The third-order valence-corrected chi connectivity index (χ3v) is 3.83. The minimum absolute atomic E-state index is 0.0546. The molecule has 0 atom stereocenters. The van der Waals surface area contributed by atoms with E-state index in [9.17, 15) is 14.7 Å². The Labute approximate surface area is 162 Å². The van der Waals surface area contributed by atoms with Crippen LogP contribution in [0.4, 0.5) is 5.69 Å². The highest BCUT2D eigenvalue weighted by molar-refractivity contribution is 5.96. The number of ether oxygens (including phenoxy) is 2. The molecule has 0 aliphatic carbocycles. The fraction of sp³-hybridized carbons (Fsp3) is 0.0909. The Hall–Kier alpha value is -3.80. The van der Waals surface area contributed by atoms with Crippen molar-refractivity contribution < 1.29 is 24.2 Å². The van der Waals surface area contributed by atoms with Gasteiger partial charge in [-0.05, 0) is 49.4 Å². The molecular formula is C22H19NO5. The maximum absolute atomic E-state index is 12.2. The van der Waals surface area contributed by atoms with Gasteiger partial charge in [0.25, 0.3) is 5.91 Å². The van der Waals surface area contributed by atoms with Gasteiger partial charge in [0, 0.05) is 0 Å². The molecule has 0 saturated heterocycles. The highest BCUT2D eigenvalue weighted by Crippen LogP contribution is 2.29. The highest BCUT2D eigenvalue weighted by Gasteiger charge is 2.13. The molecule has 0 heterocycles. The maximum atomic E-state index is 12.2. The van der Waals surface area contributed by atoms with Crippen LogP contribution < -0.4 is 10.1 Å². The number of phenolic OH excluding ortho intramolecular Hbond substituents is 1. The van der Waals surface area contributed by atoms with Gasteiger partial charge in [-0.25, -0.2) is 4.79 Å². The van der Waals surface area contributed by atoms with E-state index in [1.165, 1.54) is 24.3 Å². The van der Waals surface area contributed by atoms with Crippen LogP contribution in [0.5, 0.6) is 17.2 Å². The van der Waals surface area contributed by atoms with Crippen molar-refractivity contribution in [1.29, 1.82) is 0 Å². The third-order valence-electron chi connectivity index (χ3n) is 3.83. The number of aryl methyl sites for hydroxylation is 1. The van der Waals surface area contributed by atoms with Gasteiger partial charge in [0.15, 0.2) is 12.4 Å². The predicted octanol–water partition coefficient (Wildman–Crippen LogP) is 4.29. The topological polar surface area (TPSA) is 84.9 Å². The molecule has 6 heteroatoms. The van der Waals surface area contributed by atoms with Crippen molar-refractivity contribution in [3.8, 4) is 17.2 Å². The zero-order valence-electron chi connectivity index (χ0n) is 15.2. The summed E-state index contributed by atoms with van der Waals surface area (Å²) < 4.78 is 10.8. The molecule has 0 bridgehead atoms. The minimum Gasteiger partial charge on any atom is -0.508 e. The van der Waals surface area contributed by atoms with Gasteiger partial charge >= 0.3 is 5.97 Å². The SMILES string of the molecule is Cc1ccc(Oc2ccccc2NC(=O)COC(=O)c2cccc(O)c2)cc1. The molecule has 0 radical (unpaired) electrons. The van der Waals surface area contributed by atoms with Gasteiger partial charge in [-0.1, -0.05) is 35.9 Å². The van der Waals surface area contributed by atoms with Crippen molar-refractivity contribution in [2.24, 2.45) is 0 Å². The Balaban J connectivity index is 1.61. The second kappa shape index (κ2) is 8.73. The number of benzene rings is 3. The van der Waals surface area contributed by atoms with E-state index < -0.39 is 18.5 Å². The molecule has 3 rings (SSSR count). The summed E-state index contributed by atoms with van der Waals surface area (Å²) in [5, 5.41) is 12.1. The molecule has 0 aliphatic rings. The number of aromatic hydroxyl groups is 1. The summed E-state index contributed by atoms with van der Waals surface area (Å²) in [5.41, 5.74) is 1.74. The number of esters is 1. The van der Waals surface area contributed by atoms with Crippen LogP contribution in [0.1, 0.15) is 15.9 Å². The molecule has 3 aromatic rings. The number of para-hydroxylation sites is 2. The number of nitrogens with one attached hydrogen (secondary N) is 1. The minimum atomic E-state index is -0.699. The number of rotatable bonds is 6. The van der Waals surface area contributed by atoms with E-state index in [-0.39, 0.29) is 11.3 Å². The van der Waals surface area contributed by atoms with Crippen LogP contribution in [0.25, 0.3) is 0 Å². The Morgan fingerprint density at radius 2 is 1.71 bits per heavy atom. The first kappa shape index (κ1) is 19.0. The summed E-state index contributed by atoms with van der Waals surface area (Å²) in [6.07, 6.45) is 0. The van der Waals surface area contributed by atoms with Gasteiger partial charge in [-0.3, -0.25) is 4.79 Å². The van der Waals surface area contributed by atoms with Crippen LogP contribution >= 0.6 is 0 Å². The van der Waals surface area contributed by atoms with Crippen molar-refractivity contribution >= 4 is 17.6 Å². The lowest BCUT2D eigenvalue weighted by Gasteiger charge is -2.12. The van der Waals surface area contributed by atoms with Gasteiger partial charge < -0.3 is 19.9 Å². The van der Waals surface area contributed by atoms with E-state index in [0.29, 0.717) is 17.2 Å². The molecule has 2 N–H and O–H groups in total. The van der Waals surface area contributed by atoms with Crippen molar-refractivity contribution in [2.45, 2.75) is 6.92 Å². The van der Waals surface area contributed by atoms with Crippen LogP contribution in [0.15, 0.2) is 72.8 Å². The standard InChI is InChI=1S/C22H19NO5/c1-15-9-11-18(12-10-15)28-20-8-3-2-7-19(20)23-21(25)14-27-22(26)16-5-4-6-17(24)13-16/h2-13,24H,14H2,1H3,(H,23,25). The van der Waals surface area contributed by atoms with E-state index in [0.717, 1.165) is 5.56 Å². The Kier molecular flexibility index (Phi) is 5.91. The third kappa shape index (κ3) is 5.11. The summed E-state index contributed by atoms with van der Waals surface area (Å²) in [5.74, 6) is -0.147. The maximum Gasteiger partial charge on any atom is 0.338 e. The molecular weight excluding hydrogens is 358 g/mol. The number of phenols is 1. The number of anilines is 1. The molecule has 0 fully saturated rings. The fourth-order valence-electron chi connectivity index (χ4n) is 2.43. The predicted molar refractivity (Wildman–Crippen MR) is 105 cm³/mol. The second-order valence-electron chi connectivity index (χ2n) is 6.09. The zero-order valence-corrected chi connectivity index (χ0v) is 15.2. The normalized spacial score (nSPS) is 10.2. The molecule has 142 valence electrons. The van der Waals surface area contributed by atoms with Gasteiger partial charge in [-0.15, -0.1) is 0 Å². The molecule has 0 saturated carbocycles. The quantitative estimate of drug-likeness (QED) is 0.626. The lowest BCUT2D eigenvalue weighted by molar-refractivity contribution is -0.119. The van der Waals surface area contributed by atoms with Crippen LogP contribution in [0.3, 0.4) is 0 Å². The average molecular weight is 377 g/mol. The Morgan fingerprint density at radius 1 is 0.964 bits per heavy atom. The van der Waals surface area contributed by atoms with E-state index >= 15 is 0 Å². The number of hydrogen-bond acceptors (Lipinski definition) is 5. The van der Waals surface area contributed by atoms with Crippen LogP contribution in [-0.4, -0.2) is 23.6 Å². The first-order valence-electron chi connectivity index (χ1n) is 8.61. The summed E-state index contributed by atoms with van der Waals surface area (Å²) in [6.45, 7) is 1.52. The number of hydrogen-bond donors (Lipinski definition) is 2. The molecule has 1 amide bonds. The largest absolute Gasteiger partial charge is 0.508 e. The van der Waals surface area contributed by atoms with E-state index in [2.05, 4.69) is 5.32 Å². The Morgan fingerprint density at radius 3 is 2.46 bits per heavy atom. The van der Waals surface area contributed by atoms with Crippen LogP contribution in [0.2, 0.25) is 0 Å². The van der Waals surface area contributed by atoms with E-state index in [1.54, 1.807) is 24.3 Å². The fourth-order valence-corrected chi connectivity index (χ4v) is 2.43. The first-order valence-corrected chi connectivity index (χ1v) is 8.61. The second-order valence-corrected chi connectivity index (χ2v) is 6.09. The van der Waals surface area contributed by atoms with Gasteiger partial charge in [0.2, 0.25) is 0 Å².